The monoisotopic (exact) mass is 2270 g/mol. The van der Waals surface area contributed by atoms with Crippen molar-refractivity contribution < 1.29 is 184 Å². The Morgan fingerprint density at radius 1 is 0.530 bits per heavy atom. The number of halogens is 5. The van der Waals surface area contributed by atoms with Crippen LogP contribution in [0.1, 0.15) is 83.6 Å². The second kappa shape index (κ2) is 62.9. The first-order chi connectivity index (χ1) is 61.9. The van der Waals surface area contributed by atoms with Crippen LogP contribution in [-0.4, -0.2) is 164 Å². The van der Waals surface area contributed by atoms with E-state index >= 15 is 0 Å². The van der Waals surface area contributed by atoms with Gasteiger partial charge >= 0.3 is 65.1 Å². The summed E-state index contributed by atoms with van der Waals surface area (Å²) in [6, 6.07) is 48.5. The number of rotatable bonds is 22. The number of pyridine rings is 4. The first-order valence-corrected chi connectivity index (χ1v) is 48.0. The number of aromatic amines is 1. The molecule has 0 saturated heterocycles. The van der Waals surface area contributed by atoms with Crippen LogP contribution < -0.4 is 155 Å². The molecular weight excluding hydrogens is 2180 g/mol. The van der Waals surface area contributed by atoms with E-state index < -0.39 is 15.1 Å². The number of aromatic carboxylic acids is 1. The van der Waals surface area contributed by atoms with Gasteiger partial charge in [0.15, 0.2) is 69.0 Å². The number of aryl methyl sites for hydroxylation is 2. The van der Waals surface area contributed by atoms with Crippen molar-refractivity contribution in [1.29, 1.82) is 26.3 Å². The van der Waals surface area contributed by atoms with Gasteiger partial charge in [-0.15, -0.1) is 23.5 Å². The van der Waals surface area contributed by atoms with Crippen molar-refractivity contribution in [2.24, 2.45) is 14.1 Å². The van der Waals surface area contributed by atoms with E-state index in [-0.39, 0.29) is 130 Å². The van der Waals surface area contributed by atoms with E-state index in [9.17, 15) is 38.9 Å². The van der Waals surface area contributed by atoms with Crippen LogP contribution in [0.25, 0.3) is 43.1 Å². The SMILES string of the molecule is C.COc1cc2c(C#N)c[nH]c(=O)c2cc1OC.COc1cc2c(C#N)cnc(Br)c2cc1OC.COc1cc2c(C#N)cnc(C(=O)c3cccc(SC)c3)c2cc1OC.COc1cc2c(C(=O)O)cnc(C(=O)c3cccc(SC)c3)c2cc1OC.COc1ccc(C(C#N)C=O)cc1OC.COc1ccc(CC#N)cc1OC.C[O-].Cn1cc[n+](C)c1.O=P(Br)(Br)Br.[I-].[Na+].[Na+].[OH-]. The van der Waals surface area contributed by atoms with Crippen LogP contribution in [0.15, 0.2) is 196 Å². The molecule has 13 aromatic rings. The smallest absolute Gasteiger partial charge is 1.00 e. The number of ether oxygens (including phenoxy) is 12. The molecular formula is C92H91Br4IN11Na2O21PS2. The number of thioether (sulfide) groups is 2. The number of ketones is 2. The Morgan fingerprint density at radius 3 is 1.25 bits per heavy atom. The topological polar surface area (TPSA) is 469 Å². The summed E-state index contributed by atoms with van der Waals surface area (Å²) >= 11 is 14.7. The van der Waals surface area contributed by atoms with Gasteiger partial charge in [0.2, 0.25) is 17.9 Å². The quantitative estimate of drug-likeness (QED) is 0.00932. The molecule has 32 nitrogen and oxygen atoms in total. The molecule has 5 heterocycles. The molecule has 0 amide bonds. The number of nitrogens with zero attached hydrogens (tertiary/aromatic N) is 10. The minimum absolute atomic E-state index is 0. The number of H-pyrrole nitrogens is 1. The van der Waals surface area contributed by atoms with Gasteiger partial charge in [-0.1, -0.05) is 43.8 Å². The second-order valence-electron chi connectivity index (χ2n) is 25.3. The zero-order valence-electron chi connectivity index (χ0n) is 75.4. The number of hydrogen-bond acceptors (Lipinski definition) is 30. The zero-order chi connectivity index (χ0) is 95.8. The standard InChI is InChI=1S/C20H16N2O3S.C20H17NO5S.C12H9BrN2O2.C12H10N2O3.C11H11NO3.C10H11NO2.C5H9N2.CH3O.CH4.Br3OP.HI.2Na.H2O/c1-24-17-8-15-13(10-21)11-22-19(16(15)9-18(17)25-2)20(23)12-5-4-6-14(7-12)26-3;1-25-16-8-13-14(9-17(16)26-2)18(21-10-15(13)20(23)24)19(22)11-5-4-6-12(7-11)27-3;1-16-10-3-8-7(5-14)6-15-12(13)9(8)4-11(10)17-2;1-16-10-3-8-7(5-13)6-14-12(15)9(8)4-11(10)17-2;1-14-10-4-3-8(5-11(10)15-2)9(6-12)7-13;1-12-9-4-3-8(5-6-11)7-10(9)13-2;1-6-3-4-7(2)5-6;1-2;;1-5(2,3)4;;;;/h4-9,11H,1-3H3;4-10H,1-3H3,(H,23,24);3-4,6H,1-2H3;3-4,6H,1-2H3,(H,14,15);3-5,7,9H,1-2H3;3-4,7H,5H2,1-2H3;3-5H,1-2H3;1H3;1H4;;1H;;;1H2/q;;;;;;+1;-1;;;;2*+1;/p-2. The number of benzene rings is 8. The van der Waals surface area contributed by atoms with Gasteiger partial charge in [0.1, 0.15) is 58.8 Å². The first-order valence-electron chi connectivity index (χ1n) is 37.0. The summed E-state index contributed by atoms with van der Waals surface area (Å²) in [5, 5.41) is 66.8. The fourth-order valence-electron chi connectivity index (χ4n) is 11.7. The molecule has 0 radical (unpaired) electrons. The third kappa shape index (κ3) is 34.7. The predicted molar refractivity (Wildman–Crippen MR) is 513 cm³/mol. The van der Waals surface area contributed by atoms with Crippen LogP contribution >= 0.6 is 89.2 Å². The van der Waals surface area contributed by atoms with E-state index in [1.54, 1.807) is 137 Å². The average Bonchev–Trinajstić information content (AvgIpc) is 0.898. The number of fused-ring (bicyclic) bond motifs is 4. The molecule has 0 bridgehead atoms. The van der Waals surface area contributed by atoms with Gasteiger partial charge in [-0.05, 0) is 137 Å². The number of aromatic nitrogens is 6. The number of nitriles is 5. The normalized spacial score (nSPS) is 9.80. The van der Waals surface area contributed by atoms with Gasteiger partial charge in [-0.3, -0.25) is 28.9 Å². The minimum atomic E-state index is -2.20. The Labute approximate surface area is 877 Å². The van der Waals surface area contributed by atoms with Crippen molar-refractivity contribution in [2.75, 3.05) is 105 Å². The number of carboxylic acid groups (broad SMARTS) is 1. The molecule has 0 saturated carbocycles. The molecule has 13 rings (SSSR count). The molecule has 3 N–H and O–H groups in total. The van der Waals surface area contributed by atoms with Crippen molar-refractivity contribution in [3.63, 3.8) is 0 Å². The molecule has 42 heteroatoms. The number of imidazole rings is 1. The molecule has 1 unspecified atom stereocenters. The van der Waals surface area contributed by atoms with Gasteiger partial charge in [-0.2, -0.15) is 33.4 Å². The van der Waals surface area contributed by atoms with Gasteiger partial charge in [0.25, 0.3) is 8.81 Å². The first kappa shape index (κ1) is 123. The van der Waals surface area contributed by atoms with E-state index in [2.05, 4.69) is 101 Å². The fraction of sp³-hybridized carbons (Fsp3) is 0.217. The van der Waals surface area contributed by atoms with Crippen molar-refractivity contribution in [3.05, 3.63) is 248 Å². The molecule has 134 heavy (non-hydrogen) atoms. The number of carboxylic acids is 1. The van der Waals surface area contributed by atoms with E-state index in [1.165, 1.54) is 93.4 Å². The van der Waals surface area contributed by atoms with Crippen molar-refractivity contribution in [1.82, 2.24) is 24.5 Å². The van der Waals surface area contributed by atoms with Crippen molar-refractivity contribution in [2.45, 2.75) is 29.6 Å². The van der Waals surface area contributed by atoms with Crippen LogP contribution in [0, 0.1) is 56.7 Å². The number of hydrogen-bond donors (Lipinski definition) is 2. The number of nitrogens with one attached hydrogen (secondary N) is 1. The van der Waals surface area contributed by atoms with Crippen molar-refractivity contribution in [3.8, 4) is 99.3 Å². The van der Waals surface area contributed by atoms with Crippen LogP contribution in [0.3, 0.4) is 0 Å². The summed E-state index contributed by atoms with van der Waals surface area (Å²) in [7, 11) is 23.1. The maximum absolute atomic E-state index is 13.1. The van der Waals surface area contributed by atoms with Gasteiger partial charge in [-0.25, -0.2) is 18.9 Å². The molecule has 694 valence electrons. The molecule has 5 aromatic heterocycles. The van der Waals surface area contributed by atoms with E-state index in [0.29, 0.717) is 152 Å². The number of methoxy groups -OCH3 is 12. The summed E-state index contributed by atoms with van der Waals surface area (Å²) in [4.78, 5) is 77.0. The number of aldehydes is 1. The summed E-state index contributed by atoms with van der Waals surface area (Å²) in [5.41, 5.74) is 3.98. The summed E-state index contributed by atoms with van der Waals surface area (Å²) in [6.45, 7) is 0. The van der Waals surface area contributed by atoms with Crippen LogP contribution in [-0.2, 0) is 29.9 Å². The number of carbonyl (C=O) groups excluding carboxylic acids is 3. The maximum Gasteiger partial charge on any atom is 1.00 e. The summed E-state index contributed by atoms with van der Waals surface area (Å²) < 4.78 is 74.6. The maximum atomic E-state index is 13.1. The molecule has 0 aliphatic carbocycles. The second-order valence-corrected chi connectivity index (χ2v) is 46.2. The number of carbonyl (C=O) groups is 4. The van der Waals surface area contributed by atoms with Crippen LogP contribution in [0.2, 0.25) is 0 Å². The third-order valence-electron chi connectivity index (χ3n) is 17.9. The Morgan fingerprint density at radius 2 is 0.888 bits per heavy atom. The molecule has 8 aromatic carbocycles. The minimum Gasteiger partial charge on any atom is -1.00 e. The van der Waals surface area contributed by atoms with Crippen LogP contribution in [0.4, 0.5) is 0 Å². The molecule has 1 atom stereocenters. The average molecular weight is 2270 g/mol. The fourth-order valence-corrected chi connectivity index (χ4v) is 13.1. The van der Waals surface area contributed by atoms with Crippen molar-refractivity contribution >= 4 is 156 Å². The molecule has 0 aliphatic heterocycles. The zero-order valence-corrected chi connectivity index (χ0v) is 90.4. The van der Waals surface area contributed by atoms with Gasteiger partial charge in [0.05, 0.1) is 146 Å². The Bertz CT molecular complexity index is 6490. The van der Waals surface area contributed by atoms with E-state index in [4.69, 9.17) is 83.0 Å². The summed E-state index contributed by atoms with van der Waals surface area (Å²) in [6.07, 6.45) is 16.4. The molecule has 0 spiro atoms. The van der Waals surface area contributed by atoms with Crippen LogP contribution in [0.5, 0.6) is 69.0 Å². The molecule has 0 fully saturated rings. The Kier molecular flexibility index (Phi) is 57.9. The molecule has 0 aliphatic rings. The predicted octanol–water partition coefficient (Wildman–Crippen LogP) is 9.14. The third-order valence-corrected chi connectivity index (χ3v) is 20.0. The van der Waals surface area contributed by atoms with E-state index in [0.717, 1.165) is 33.2 Å². The largest absolute Gasteiger partial charge is 1.00 e. The Balaban J connectivity index is 0.00000155. The van der Waals surface area contributed by atoms with E-state index in [1.807, 2.05) is 103 Å². The summed E-state index contributed by atoms with van der Waals surface area (Å²) in [5.74, 6) is 3.92. The van der Waals surface area contributed by atoms with Gasteiger partial charge in [0, 0.05) is 130 Å². The Hall–Kier alpha value is -10.6. The van der Waals surface area contributed by atoms with Gasteiger partial charge < -0.3 is 106 Å².